The van der Waals surface area contributed by atoms with Crippen molar-refractivity contribution in [1.29, 1.82) is 0 Å². The summed E-state index contributed by atoms with van der Waals surface area (Å²) in [4.78, 5) is 1.08. The highest BCUT2D eigenvalue weighted by molar-refractivity contribution is 7.89. The number of ether oxygens (including phenoxy) is 1. The van der Waals surface area contributed by atoms with E-state index in [-0.39, 0.29) is 11.9 Å². The summed E-state index contributed by atoms with van der Waals surface area (Å²) < 4.78 is 31.9. The van der Waals surface area contributed by atoms with E-state index in [1.165, 1.54) is 15.6 Å². The lowest BCUT2D eigenvalue weighted by molar-refractivity contribution is 0.181. The summed E-state index contributed by atoms with van der Waals surface area (Å²) in [6.45, 7) is 2.89. The number of sulfonamides is 1. The van der Waals surface area contributed by atoms with Crippen LogP contribution >= 0.6 is 22.9 Å². The van der Waals surface area contributed by atoms with Crippen molar-refractivity contribution in [1.82, 2.24) is 4.31 Å². The van der Waals surface area contributed by atoms with Gasteiger partial charge in [-0.05, 0) is 24.3 Å². The lowest BCUT2D eigenvalue weighted by Crippen LogP contribution is -2.37. The van der Waals surface area contributed by atoms with Gasteiger partial charge in [-0.1, -0.05) is 0 Å². The smallest absolute Gasteiger partial charge is 0.244 e. The van der Waals surface area contributed by atoms with Crippen molar-refractivity contribution in [2.75, 3.05) is 20.3 Å². The maximum atomic E-state index is 12.6. The zero-order valence-electron chi connectivity index (χ0n) is 10.3. The van der Waals surface area contributed by atoms with Crippen LogP contribution < -0.4 is 0 Å². The quantitative estimate of drug-likeness (QED) is 0.801. The van der Waals surface area contributed by atoms with Crippen LogP contribution in [-0.2, 0) is 20.6 Å². The summed E-state index contributed by atoms with van der Waals surface area (Å²) in [5.74, 6) is 0.224. The number of alkyl halides is 1. The van der Waals surface area contributed by atoms with Crippen molar-refractivity contribution in [3.63, 3.8) is 0 Å². The van der Waals surface area contributed by atoms with Gasteiger partial charge < -0.3 is 4.74 Å². The molecule has 1 saturated heterocycles. The molecule has 0 spiro atoms. The van der Waals surface area contributed by atoms with Gasteiger partial charge in [0.1, 0.15) is 4.90 Å². The first-order chi connectivity index (χ1) is 8.48. The first-order valence-corrected chi connectivity index (χ1v) is 8.52. The fraction of sp³-hybridized carbons (Fsp3) is 0.636. The van der Waals surface area contributed by atoms with Gasteiger partial charge in [0.25, 0.3) is 0 Å². The van der Waals surface area contributed by atoms with E-state index < -0.39 is 10.0 Å². The molecule has 2 heterocycles. The van der Waals surface area contributed by atoms with E-state index in [2.05, 4.69) is 0 Å². The molecule has 18 heavy (non-hydrogen) atoms. The molecule has 0 aliphatic carbocycles. The Morgan fingerprint density at radius 3 is 2.89 bits per heavy atom. The molecule has 4 nitrogen and oxygen atoms in total. The number of likely N-dealkylation sites (N-methyl/N-ethyl adjacent to an activating group) is 1. The minimum Gasteiger partial charge on any atom is -0.380 e. The number of halogens is 1. The van der Waals surface area contributed by atoms with E-state index in [1.54, 1.807) is 14.0 Å². The molecular formula is C11H16ClNO3S2. The average Bonchev–Trinajstić information content (AvgIpc) is 2.96. The van der Waals surface area contributed by atoms with Gasteiger partial charge in [-0.15, -0.1) is 22.9 Å². The van der Waals surface area contributed by atoms with Crippen molar-refractivity contribution in [2.24, 2.45) is 0 Å². The van der Waals surface area contributed by atoms with Crippen molar-refractivity contribution in [3.05, 3.63) is 15.8 Å². The first-order valence-electron chi connectivity index (χ1n) is 5.67. The van der Waals surface area contributed by atoms with Crippen LogP contribution in [0.3, 0.4) is 0 Å². The molecule has 1 aromatic heterocycles. The van der Waals surface area contributed by atoms with Crippen LogP contribution in [0.4, 0.5) is 0 Å². The second kappa shape index (κ2) is 5.46. The van der Waals surface area contributed by atoms with E-state index in [9.17, 15) is 8.42 Å². The van der Waals surface area contributed by atoms with Crippen LogP contribution in [0.25, 0.3) is 0 Å². The Bertz CT molecular complexity index is 520. The Labute approximate surface area is 117 Å². The summed E-state index contributed by atoms with van der Waals surface area (Å²) in [5, 5.41) is 1.84. The predicted octanol–water partition coefficient (Wildman–Crippen LogP) is 2.20. The van der Waals surface area contributed by atoms with Crippen molar-refractivity contribution < 1.29 is 13.2 Å². The van der Waals surface area contributed by atoms with Crippen molar-refractivity contribution in [2.45, 2.75) is 30.2 Å². The standard InChI is InChI=1S/C11H16ClNO3S2/c1-8-7-17-10(5-12)11(8)18(14,15)13(2)9-3-4-16-6-9/h7,9H,3-6H2,1-2H3. The largest absolute Gasteiger partial charge is 0.380 e. The SMILES string of the molecule is Cc1csc(CCl)c1S(=O)(=O)N(C)C1CCOC1. The predicted molar refractivity (Wildman–Crippen MR) is 72.8 cm³/mol. The topological polar surface area (TPSA) is 46.6 Å². The molecule has 0 amide bonds. The Balaban J connectivity index is 2.37. The van der Waals surface area contributed by atoms with Crippen molar-refractivity contribution >= 4 is 33.0 Å². The molecule has 1 aliphatic heterocycles. The molecule has 1 atom stereocenters. The van der Waals surface area contributed by atoms with Crippen LogP contribution in [0.5, 0.6) is 0 Å². The Morgan fingerprint density at radius 2 is 2.33 bits per heavy atom. The highest BCUT2D eigenvalue weighted by Crippen LogP contribution is 2.31. The molecule has 102 valence electrons. The maximum absolute atomic E-state index is 12.6. The highest BCUT2D eigenvalue weighted by Gasteiger charge is 2.33. The summed E-state index contributed by atoms with van der Waals surface area (Å²) in [6, 6.07) is -0.0718. The number of hydrogen-bond acceptors (Lipinski definition) is 4. The molecule has 2 rings (SSSR count). The van der Waals surface area contributed by atoms with E-state index in [1.807, 2.05) is 5.38 Å². The summed E-state index contributed by atoms with van der Waals surface area (Å²) in [7, 11) is -1.86. The Kier molecular flexibility index (Phi) is 4.33. The molecule has 0 radical (unpaired) electrons. The van der Waals surface area contributed by atoms with Gasteiger partial charge in [-0.2, -0.15) is 4.31 Å². The first kappa shape index (κ1) is 14.3. The van der Waals surface area contributed by atoms with Gasteiger partial charge in [0.15, 0.2) is 0 Å². The van der Waals surface area contributed by atoms with Crippen LogP contribution in [0.2, 0.25) is 0 Å². The molecule has 1 unspecified atom stereocenters. The lowest BCUT2D eigenvalue weighted by atomic mass is 10.3. The molecule has 1 fully saturated rings. The van der Waals surface area contributed by atoms with E-state index in [0.717, 1.165) is 12.0 Å². The molecule has 0 N–H and O–H groups in total. The minimum absolute atomic E-state index is 0.0718. The summed E-state index contributed by atoms with van der Waals surface area (Å²) >= 11 is 7.21. The van der Waals surface area contributed by atoms with E-state index >= 15 is 0 Å². The fourth-order valence-corrected chi connectivity index (χ4v) is 5.45. The van der Waals surface area contributed by atoms with Gasteiger partial charge in [0, 0.05) is 18.5 Å². The number of aryl methyl sites for hydroxylation is 1. The Hall–Kier alpha value is -0.140. The second-order valence-electron chi connectivity index (χ2n) is 4.34. The second-order valence-corrected chi connectivity index (χ2v) is 7.51. The maximum Gasteiger partial charge on any atom is 0.244 e. The number of thiophene rings is 1. The van der Waals surface area contributed by atoms with Crippen molar-refractivity contribution in [3.8, 4) is 0 Å². The molecular weight excluding hydrogens is 294 g/mol. The van der Waals surface area contributed by atoms with Gasteiger partial charge >= 0.3 is 0 Å². The zero-order valence-corrected chi connectivity index (χ0v) is 12.7. The molecule has 0 aromatic carbocycles. The van der Waals surface area contributed by atoms with Crippen LogP contribution in [0.1, 0.15) is 16.9 Å². The van der Waals surface area contributed by atoms with Crippen LogP contribution in [0, 0.1) is 6.92 Å². The fourth-order valence-electron chi connectivity index (χ4n) is 2.08. The lowest BCUT2D eigenvalue weighted by Gasteiger charge is -2.23. The molecule has 1 aromatic rings. The summed E-state index contributed by atoms with van der Waals surface area (Å²) in [6.07, 6.45) is 0.745. The molecule has 1 aliphatic rings. The van der Waals surface area contributed by atoms with E-state index in [4.69, 9.17) is 16.3 Å². The summed E-state index contributed by atoms with van der Waals surface area (Å²) in [5.41, 5.74) is 0.765. The molecule has 0 bridgehead atoms. The number of hydrogen-bond donors (Lipinski definition) is 0. The van der Waals surface area contributed by atoms with Gasteiger partial charge in [0.2, 0.25) is 10.0 Å². The monoisotopic (exact) mass is 309 g/mol. The minimum atomic E-state index is -3.47. The van der Waals surface area contributed by atoms with Gasteiger partial charge in [-0.3, -0.25) is 0 Å². The van der Waals surface area contributed by atoms with Crippen LogP contribution in [0.15, 0.2) is 10.3 Å². The third-order valence-corrected chi connectivity index (χ3v) is 6.97. The zero-order chi connectivity index (χ0) is 13.3. The van der Waals surface area contributed by atoms with Gasteiger partial charge in [0.05, 0.1) is 18.5 Å². The highest BCUT2D eigenvalue weighted by atomic mass is 35.5. The van der Waals surface area contributed by atoms with E-state index in [0.29, 0.717) is 23.0 Å². The van der Waals surface area contributed by atoms with Crippen LogP contribution in [-0.4, -0.2) is 39.0 Å². The number of nitrogens with zero attached hydrogens (tertiary/aromatic N) is 1. The number of rotatable bonds is 4. The third-order valence-electron chi connectivity index (χ3n) is 3.17. The average molecular weight is 310 g/mol. The molecule has 7 heteroatoms. The third kappa shape index (κ3) is 2.44. The normalized spacial score (nSPS) is 20.8. The molecule has 0 saturated carbocycles. The van der Waals surface area contributed by atoms with Gasteiger partial charge in [-0.25, -0.2) is 8.42 Å². The Morgan fingerprint density at radius 1 is 1.61 bits per heavy atom.